The number of nitrogens with zero attached hydrogens (tertiary/aromatic N) is 2. The van der Waals surface area contributed by atoms with Gasteiger partial charge in [-0.05, 0) is 86.3 Å². The van der Waals surface area contributed by atoms with E-state index in [-0.39, 0.29) is 29.7 Å². The van der Waals surface area contributed by atoms with Gasteiger partial charge in [-0.25, -0.2) is 0 Å². The topological polar surface area (TPSA) is 177 Å². The first-order valence-corrected chi connectivity index (χ1v) is 15.8. The highest BCUT2D eigenvalue weighted by atomic mass is 16.5. The summed E-state index contributed by atoms with van der Waals surface area (Å²) in [6, 6.07) is 18.3. The molecule has 0 radical (unpaired) electrons. The van der Waals surface area contributed by atoms with Crippen LogP contribution in [0.1, 0.15) is 28.7 Å². The number of hydrogen-bond acceptors (Lipinski definition) is 10. The Labute approximate surface area is 278 Å². The van der Waals surface area contributed by atoms with Crippen molar-refractivity contribution in [3.05, 3.63) is 99.8 Å². The predicted octanol–water partition coefficient (Wildman–Crippen LogP) is 3.27. The van der Waals surface area contributed by atoms with E-state index in [1.54, 1.807) is 32.2 Å². The molecular formula is C37H41N3O8. The summed E-state index contributed by atoms with van der Waals surface area (Å²) in [4.78, 5) is 30.3. The SMILES string of the molecule is COc1ccc(CN(C)Cc2ccccc2)cc1-c1ccc(O)c2c1CC1CC3C(C(=O)C1=C2O)C(O)(O)C(C(N)=O)=C(O)[C@H]3N(C)C. The van der Waals surface area contributed by atoms with Crippen LogP contribution in [0.25, 0.3) is 16.9 Å². The normalized spacial score (nSPS) is 23.2. The van der Waals surface area contributed by atoms with Crippen LogP contribution in [0.4, 0.5) is 0 Å². The van der Waals surface area contributed by atoms with Gasteiger partial charge in [0.15, 0.2) is 5.78 Å². The fourth-order valence-corrected chi connectivity index (χ4v) is 8.14. The van der Waals surface area contributed by atoms with Crippen molar-refractivity contribution in [1.29, 1.82) is 0 Å². The van der Waals surface area contributed by atoms with E-state index in [0.29, 0.717) is 23.4 Å². The third-order valence-electron chi connectivity index (χ3n) is 10.0. The first kappa shape index (κ1) is 33.2. The van der Waals surface area contributed by atoms with Gasteiger partial charge >= 0.3 is 0 Å². The minimum absolute atomic E-state index is 0.0605. The monoisotopic (exact) mass is 655 g/mol. The van der Waals surface area contributed by atoms with Gasteiger partial charge in [0.1, 0.15) is 28.6 Å². The molecule has 0 aromatic heterocycles. The van der Waals surface area contributed by atoms with Gasteiger partial charge in [0.05, 0.1) is 24.6 Å². The number of methoxy groups -OCH3 is 1. The maximum atomic E-state index is 14.2. The molecule has 1 amide bonds. The lowest BCUT2D eigenvalue weighted by Crippen LogP contribution is -2.62. The number of primary amides is 1. The van der Waals surface area contributed by atoms with E-state index in [4.69, 9.17) is 10.5 Å². The maximum Gasteiger partial charge on any atom is 0.253 e. The molecule has 3 unspecified atom stereocenters. The Morgan fingerprint density at radius 2 is 1.65 bits per heavy atom. The molecule has 11 nitrogen and oxygen atoms in total. The minimum atomic E-state index is -3.08. The van der Waals surface area contributed by atoms with Gasteiger partial charge in [-0.2, -0.15) is 0 Å². The first-order valence-electron chi connectivity index (χ1n) is 15.8. The molecule has 252 valence electrons. The number of carbonyl (C=O) groups is 2. The largest absolute Gasteiger partial charge is 0.510 e. The molecule has 1 fully saturated rings. The molecule has 11 heteroatoms. The summed E-state index contributed by atoms with van der Waals surface area (Å²) in [6.45, 7) is 1.39. The number of carbonyl (C=O) groups excluding carboxylic acids is 2. The number of ether oxygens (including phenoxy) is 1. The van der Waals surface area contributed by atoms with Crippen molar-refractivity contribution in [2.45, 2.75) is 37.8 Å². The van der Waals surface area contributed by atoms with Gasteiger partial charge in [-0.15, -0.1) is 0 Å². The number of nitrogens with two attached hydrogens (primary N) is 1. The highest BCUT2D eigenvalue weighted by Crippen LogP contribution is 2.54. The summed E-state index contributed by atoms with van der Waals surface area (Å²) in [5, 5.41) is 56.3. The Bertz CT molecular complexity index is 1850. The number of rotatable bonds is 8. The molecule has 3 aromatic rings. The number of allylic oxidation sites excluding steroid dienone is 1. The second-order valence-corrected chi connectivity index (χ2v) is 13.3. The summed E-state index contributed by atoms with van der Waals surface area (Å²) >= 11 is 0. The minimum Gasteiger partial charge on any atom is -0.510 e. The van der Waals surface area contributed by atoms with Crippen LogP contribution in [0.3, 0.4) is 0 Å². The fourth-order valence-electron chi connectivity index (χ4n) is 8.14. The first-order chi connectivity index (χ1) is 22.8. The Kier molecular flexibility index (Phi) is 8.59. The van der Waals surface area contributed by atoms with Gasteiger partial charge in [-0.1, -0.05) is 42.5 Å². The van der Waals surface area contributed by atoms with Crippen molar-refractivity contribution in [1.82, 2.24) is 9.80 Å². The van der Waals surface area contributed by atoms with Crippen molar-refractivity contribution in [2.75, 3.05) is 28.3 Å². The lowest BCUT2D eigenvalue weighted by molar-refractivity contribution is -0.203. The molecule has 0 saturated heterocycles. The Morgan fingerprint density at radius 3 is 2.29 bits per heavy atom. The molecule has 6 rings (SSSR count). The van der Waals surface area contributed by atoms with Crippen molar-refractivity contribution < 1.29 is 39.9 Å². The molecule has 3 aliphatic rings. The third-order valence-corrected chi connectivity index (χ3v) is 10.0. The third kappa shape index (κ3) is 5.42. The zero-order valence-electron chi connectivity index (χ0n) is 27.3. The number of benzene rings is 3. The molecule has 48 heavy (non-hydrogen) atoms. The smallest absolute Gasteiger partial charge is 0.253 e. The van der Waals surface area contributed by atoms with Crippen LogP contribution in [0.2, 0.25) is 0 Å². The zero-order chi connectivity index (χ0) is 34.7. The zero-order valence-corrected chi connectivity index (χ0v) is 27.3. The molecule has 7 N–H and O–H groups in total. The van der Waals surface area contributed by atoms with E-state index in [0.717, 1.165) is 17.7 Å². The summed E-state index contributed by atoms with van der Waals surface area (Å²) in [6.07, 6.45) is 0.388. The number of aliphatic hydroxyl groups is 4. The van der Waals surface area contributed by atoms with Crippen molar-refractivity contribution in [3.63, 3.8) is 0 Å². The number of aromatic hydroxyl groups is 1. The number of likely N-dealkylation sites (N-methyl/N-ethyl adjacent to an activating group) is 1. The summed E-state index contributed by atoms with van der Waals surface area (Å²) in [7, 11) is 6.90. The van der Waals surface area contributed by atoms with Crippen LogP contribution in [-0.2, 0) is 29.1 Å². The number of amides is 1. The van der Waals surface area contributed by atoms with Crippen molar-refractivity contribution >= 4 is 17.4 Å². The Balaban J connectivity index is 1.43. The van der Waals surface area contributed by atoms with E-state index in [9.17, 15) is 35.1 Å². The van der Waals surface area contributed by atoms with Gasteiger partial charge in [0, 0.05) is 24.2 Å². The van der Waals surface area contributed by atoms with Crippen LogP contribution >= 0.6 is 0 Å². The van der Waals surface area contributed by atoms with Gasteiger partial charge in [0.2, 0.25) is 5.79 Å². The lowest BCUT2D eigenvalue weighted by atomic mass is 9.57. The fraction of sp³-hybridized carbons (Fsp3) is 0.351. The van der Waals surface area contributed by atoms with Gasteiger partial charge in [-0.3, -0.25) is 19.4 Å². The molecule has 4 atom stereocenters. The number of hydrogen-bond donors (Lipinski definition) is 6. The van der Waals surface area contributed by atoms with Gasteiger partial charge in [0.25, 0.3) is 5.91 Å². The van der Waals surface area contributed by atoms with E-state index in [1.165, 1.54) is 11.6 Å². The van der Waals surface area contributed by atoms with Crippen LogP contribution < -0.4 is 10.5 Å². The number of phenolic OH excluding ortho intramolecular Hbond substituents is 1. The van der Waals surface area contributed by atoms with Crippen LogP contribution in [0, 0.1) is 17.8 Å². The molecule has 0 spiro atoms. The average molecular weight is 656 g/mol. The van der Waals surface area contributed by atoms with Crippen molar-refractivity contribution in [3.8, 4) is 22.6 Å². The molecule has 0 heterocycles. The molecule has 1 saturated carbocycles. The highest BCUT2D eigenvalue weighted by Gasteiger charge is 2.62. The molecule has 0 aliphatic heterocycles. The van der Waals surface area contributed by atoms with E-state index < -0.39 is 58.4 Å². The number of aliphatic hydroxyl groups excluding tert-OH is 2. The number of Topliss-reactive ketones (excluding diaryl/α,β-unsaturated/α-hetero) is 1. The Hall–Kier alpha value is -4.68. The molecular weight excluding hydrogens is 614 g/mol. The van der Waals surface area contributed by atoms with Crippen LogP contribution in [0.15, 0.2) is 77.6 Å². The van der Waals surface area contributed by atoms with Crippen LogP contribution in [0.5, 0.6) is 11.5 Å². The number of fused-ring (bicyclic) bond motifs is 3. The molecule has 3 aliphatic carbocycles. The molecule has 3 aromatic carbocycles. The average Bonchev–Trinajstić information content (AvgIpc) is 3.00. The van der Waals surface area contributed by atoms with Crippen molar-refractivity contribution in [2.24, 2.45) is 23.5 Å². The Morgan fingerprint density at radius 1 is 0.958 bits per heavy atom. The predicted molar refractivity (Wildman–Crippen MR) is 179 cm³/mol. The van der Waals surface area contributed by atoms with E-state index in [2.05, 4.69) is 17.0 Å². The molecule has 0 bridgehead atoms. The number of phenols is 1. The number of ketones is 1. The highest BCUT2D eigenvalue weighted by molar-refractivity contribution is 6.08. The summed E-state index contributed by atoms with van der Waals surface area (Å²) in [5.74, 6) is -8.88. The standard InChI is InChI=1S/C37H41N3O8/c1-39(2)32-25-16-21-15-24-22(23-14-20(10-13-27(23)48-4)18-40(3)17-19-8-6-5-7-9-19)11-12-26(41)29(24)33(42)28(21)34(43)30(25)37(46,47)31(35(32)44)36(38)45/h5-14,21,25,30,32,41-42,44,46-47H,15-18H2,1-4H3,(H2,38,45)/t21?,25?,30?,32-/m0/s1. The van der Waals surface area contributed by atoms with E-state index in [1.807, 2.05) is 43.4 Å². The lowest BCUT2D eigenvalue weighted by Gasteiger charge is -2.51. The summed E-state index contributed by atoms with van der Waals surface area (Å²) < 4.78 is 5.77. The quantitative estimate of drug-likeness (QED) is 0.198. The van der Waals surface area contributed by atoms with Crippen LogP contribution in [-0.4, -0.2) is 87.1 Å². The van der Waals surface area contributed by atoms with E-state index >= 15 is 0 Å². The van der Waals surface area contributed by atoms with Gasteiger partial charge < -0.3 is 36.0 Å². The second kappa shape index (κ2) is 12.4. The summed E-state index contributed by atoms with van der Waals surface area (Å²) in [5.41, 5.74) is 8.89. The maximum absolute atomic E-state index is 14.2. The second-order valence-electron chi connectivity index (χ2n) is 13.3.